The van der Waals surface area contributed by atoms with E-state index in [1.54, 1.807) is 24.3 Å². The smallest absolute Gasteiger partial charge is 0.258 e. The largest absolute Gasteiger partial charge is 0.493 e. The van der Waals surface area contributed by atoms with Crippen molar-refractivity contribution in [1.29, 1.82) is 0 Å². The Bertz CT molecular complexity index is 1540. The van der Waals surface area contributed by atoms with Crippen LogP contribution in [-0.4, -0.2) is 61.6 Å². The van der Waals surface area contributed by atoms with E-state index in [9.17, 15) is 23.2 Å². The van der Waals surface area contributed by atoms with Crippen LogP contribution in [0.2, 0.25) is 5.02 Å². The molecule has 2 atom stereocenters. The number of benzene rings is 3. The Kier molecular flexibility index (Phi) is 9.30. The number of hydrogen-bond donors (Lipinski definition) is 2. The van der Waals surface area contributed by atoms with Crippen molar-refractivity contribution < 1.29 is 37.4 Å². The third-order valence-electron chi connectivity index (χ3n) is 7.28. The van der Waals surface area contributed by atoms with Gasteiger partial charge in [-0.2, -0.15) is 0 Å². The lowest BCUT2D eigenvalue weighted by atomic mass is 10.00. The van der Waals surface area contributed by atoms with Gasteiger partial charge in [0.15, 0.2) is 18.1 Å². The summed E-state index contributed by atoms with van der Waals surface area (Å²) >= 11 is 6.01. The summed E-state index contributed by atoms with van der Waals surface area (Å²) in [6.45, 7) is -0.133. The molecule has 0 aromatic heterocycles. The predicted molar refractivity (Wildman–Crippen MR) is 153 cm³/mol. The predicted octanol–water partition coefficient (Wildman–Crippen LogP) is 4.05. The Hall–Kier alpha value is -4.38. The molecular formula is C31H30ClF2N3O6. The summed E-state index contributed by atoms with van der Waals surface area (Å²) in [5.74, 6) is -1.65. The number of halogens is 3. The average molecular weight is 614 g/mol. The molecule has 0 spiro atoms. The van der Waals surface area contributed by atoms with Gasteiger partial charge < -0.3 is 29.7 Å². The molecule has 3 aromatic rings. The van der Waals surface area contributed by atoms with Gasteiger partial charge in [-0.05, 0) is 60.0 Å². The maximum Gasteiger partial charge on any atom is 0.258 e. The first-order valence-electron chi connectivity index (χ1n) is 13.7. The van der Waals surface area contributed by atoms with Crippen LogP contribution in [0.4, 0.5) is 8.78 Å². The lowest BCUT2D eigenvalue weighted by Gasteiger charge is -2.39. The third kappa shape index (κ3) is 7.53. The molecule has 4 bridgehead atoms. The van der Waals surface area contributed by atoms with Crippen molar-refractivity contribution in [2.24, 2.45) is 0 Å². The number of aryl methyl sites for hydroxylation is 1. The molecule has 226 valence electrons. The first-order valence-corrected chi connectivity index (χ1v) is 14.1. The minimum Gasteiger partial charge on any atom is -0.493 e. The third-order valence-corrected chi connectivity index (χ3v) is 7.51. The molecule has 0 unspecified atom stereocenters. The van der Waals surface area contributed by atoms with E-state index in [1.807, 2.05) is 0 Å². The highest BCUT2D eigenvalue weighted by molar-refractivity contribution is 6.31. The maximum atomic E-state index is 14.5. The van der Waals surface area contributed by atoms with Crippen molar-refractivity contribution in [2.45, 2.75) is 38.0 Å². The average Bonchev–Trinajstić information content (AvgIpc) is 2.99. The summed E-state index contributed by atoms with van der Waals surface area (Å²) in [5.41, 5.74) is 1.10. The summed E-state index contributed by atoms with van der Waals surface area (Å²) in [6, 6.07) is 12.3. The van der Waals surface area contributed by atoms with Crippen molar-refractivity contribution in [1.82, 2.24) is 15.5 Å². The molecule has 3 aromatic carbocycles. The summed E-state index contributed by atoms with van der Waals surface area (Å²) in [7, 11) is 1.48. The van der Waals surface area contributed by atoms with Gasteiger partial charge in [0.25, 0.3) is 11.8 Å². The molecule has 1 saturated heterocycles. The number of nitrogens with zero attached hydrogens (tertiary/aromatic N) is 1. The zero-order valence-corrected chi connectivity index (χ0v) is 24.1. The maximum absolute atomic E-state index is 14.5. The lowest BCUT2D eigenvalue weighted by Crippen LogP contribution is -2.58. The van der Waals surface area contributed by atoms with E-state index >= 15 is 0 Å². The fourth-order valence-corrected chi connectivity index (χ4v) is 5.29. The molecule has 0 radical (unpaired) electrons. The van der Waals surface area contributed by atoms with Gasteiger partial charge in [-0.25, -0.2) is 8.78 Å². The van der Waals surface area contributed by atoms with E-state index in [0.29, 0.717) is 23.5 Å². The van der Waals surface area contributed by atoms with Crippen LogP contribution in [0.25, 0.3) is 0 Å². The minimum absolute atomic E-state index is 0.0156. The SMILES string of the molecule is COc1ccc2cc1OCC(=O)N[C@@H]1CN(C(=O)c3cc(Cl)ccc3F)CC[C@H]1Oc1cc(F)cc(c1)CNC(=O)CC2. The van der Waals surface area contributed by atoms with E-state index < -0.39 is 35.6 Å². The topological polar surface area (TPSA) is 106 Å². The quantitative estimate of drug-likeness (QED) is 0.452. The van der Waals surface area contributed by atoms with Crippen molar-refractivity contribution in [2.75, 3.05) is 26.8 Å². The number of amides is 3. The van der Waals surface area contributed by atoms with E-state index in [2.05, 4.69) is 10.6 Å². The molecule has 9 nitrogen and oxygen atoms in total. The van der Waals surface area contributed by atoms with E-state index in [1.165, 1.54) is 36.3 Å². The van der Waals surface area contributed by atoms with Crippen LogP contribution >= 0.6 is 11.6 Å². The van der Waals surface area contributed by atoms with Crippen molar-refractivity contribution in [3.8, 4) is 17.2 Å². The highest BCUT2D eigenvalue weighted by Gasteiger charge is 2.35. The monoisotopic (exact) mass is 613 g/mol. The highest BCUT2D eigenvalue weighted by atomic mass is 35.5. The molecule has 0 saturated carbocycles. The van der Waals surface area contributed by atoms with Crippen LogP contribution in [0.15, 0.2) is 54.6 Å². The molecule has 12 heteroatoms. The fourth-order valence-electron chi connectivity index (χ4n) is 5.12. The molecule has 5 rings (SSSR count). The molecule has 1 fully saturated rings. The number of carbonyl (C=O) groups excluding carboxylic acids is 3. The zero-order valence-electron chi connectivity index (χ0n) is 23.3. The summed E-state index contributed by atoms with van der Waals surface area (Å²) in [4.78, 5) is 40.3. The highest BCUT2D eigenvalue weighted by Crippen LogP contribution is 2.29. The molecule has 2 N–H and O–H groups in total. The van der Waals surface area contributed by atoms with Gasteiger partial charge in [0.2, 0.25) is 5.91 Å². The Morgan fingerprint density at radius 3 is 2.67 bits per heavy atom. The first kappa shape index (κ1) is 30.1. The standard InChI is InChI=1S/C31H30ClF2N3O6/c1-41-27-6-2-18-3-7-29(38)35-15-19-10-21(33)14-22(11-19)43-26-8-9-37(31(40)23-13-20(32)4-5-24(23)34)16-25(26)36-30(39)17-42-28(27)12-18/h2,4-6,10-14,25-26H,3,7-9,15-17H2,1H3,(H,35,38)(H,36,39)/t25-,26-/m1/s1. The Balaban J connectivity index is 1.43. The molecule has 3 amide bonds. The van der Waals surface area contributed by atoms with E-state index in [0.717, 1.165) is 11.6 Å². The fraction of sp³-hybridized carbons (Fsp3) is 0.323. The molecular weight excluding hydrogens is 584 g/mol. The van der Waals surface area contributed by atoms with Gasteiger partial charge in [0, 0.05) is 43.6 Å². The Labute approximate surface area is 252 Å². The summed E-state index contributed by atoms with van der Waals surface area (Å²) < 4.78 is 46.3. The number of likely N-dealkylation sites (tertiary alicyclic amines) is 1. The molecule has 2 aliphatic heterocycles. The van der Waals surface area contributed by atoms with Crippen LogP contribution in [0, 0.1) is 11.6 Å². The number of fused-ring (bicyclic) bond motifs is 5. The normalized spacial score (nSPS) is 19.4. The number of nitrogens with one attached hydrogen (secondary N) is 2. The van der Waals surface area contributed by atoms with Gasteiger partial charge in [0.05, 0.1) is 18.7 Å². The minimum atomic E-state index is -0.755. The van der Waals surface area contributed by atoms with Gasteiger partial charge >= 0.3 is 0 Å². The van der Waals surface area contributed by atoms with Crippen LogP contribution in [0.1, 0.15) is 34.3 Å². The second-order valence-corrected chi connectivity index (χ2v) is 10.8. The lowest BCUT2D eigenvalue weighted by molar-refractivity contribution is -0.125. The van der Waals surface area contributed by atoms with E-state index in [-0.39, 0.29) is 61.3 Å². The molecule has 43 heavy (non-hydrogen) atoms. The van der Waals surface area contributed by atoms with Crippen LogP contribution < -0.4 is 24.8 Å². The number of rotatable bonds is 2. The van der Waals surface area contributed by atoms with Gasteiger partial charge in [-0.15, -0.1) is 0 Å². The molecule has 0 aliphatic carbocycles. The second kappa shape index (κ2) is 13.3. The second-order valence-electron chi connectivity index (χ2n) is 10.3. The van der Waals surface area contributed by atoms with Gasteiger partial charge in [0.1, 0.15) is 23.5 Å². The Morgan fingerprint density at radius 2 is 1.86 bits per heavy atom. The van der Waals surface area contributed by atoms with E-state index in [4.69, 9.17) is 25.8 Å². The van der Waals surface area contributed by atoms with Crippen molar-refractivity contribution >= 4 is 29.3 Å². The summed E-state index contributed by atoms with van der Waals surface area (Å²) in [6.07, 6.45) is 0.163. The molecule has 2 aliphatic rings. The van der Waals surface area contributed by atoms with Crippen LogP contribution in [0.5, 0.6) is 17.2 Å². The number of methoxy groups -OCH3 is 1. The number of ether oxygens (including phenoxy) is 3. The Morgan fingerprint density at radius 1 is 1.02 bits per heavy atom. The van der Waals surface area contributed by atoms with Crippen LogP contribution in [-0.2, 0) is 22.6 Å². The van der Waals surface area contributed by atoms with Crippen LogP contribution in [0.3, 0.4) is 0 Å². The van der Waals surface area contributed by atoms with Gasteiger partial charge in [-0.3, -0.25) is 14.4 Å². The summed E-state index contributed by atoms with van der Waals surface area (Å²) in [5, 5.41) is 5.87. The van der Waals surface area contributed by atoms with Crippen molar-refractivity contribution in [3.63, 3.8) is 0 Å². The zero-order chi connectivity index (χ0) is 30.5. The number of piperidine rings is 1. The number of carbonyl (C=O) groups is 3. The van der Waals surface area contributed by atoms with Gasteiger partial charge in [-0.1, -0.05) is 17.7 Å². The number of hydrogen-bond acceptors (Lipinski definition) is 6. The first-order chi connectivity index (χ1) is 20.7. The van der Waals surface area contributed by atoms with Crippen molar-refractivity contribution in [3.05, 3.63) is 87.9 Å². The molecule has 2 heterocycles.